The summed E-state index contributed by atoms with van der Waals surface area (Å²) in [5.41, 5.74) is 0.536. The number of phenolic OH excluding ortho intramolecular Hbond substituents is 1. The van der Waals surface area contributed by atoms with Crippen molar-refractivity contribution in [1.29, 1.82) is 0 Å². The summed E-state index contributed by atoms with van der Waals surface area (Å²) in [6.07, 6.45) is 1.46. The minimum absolute atomic E-state index is 0.0525. The molecule has 0 radical (unpaired) electrons. The van der Waals surface area contributed by atoms with Crippen molar-refractivity contribution in [2.24, 2.45) is 0 Å². The molecule has 0 amide bonds. The number of carboxylic acids is 1. The third kappa shape index (κ3) is 2.39. The summed E-state index contributed by atoms with van der Waals surface area (Å²) in [5.74, 6) is -0.703. The Bertz CT molecular complexity index is 775. The molecule has 0 unspecified atom stereocenters. The Kier molecular flexibility index (Phi) is 3.48. The number of anilines is 1. The van der Waals surface area contributed by atoms with Gasteiger partial charge in [0, 0.05) is 0 Å². The van der Waals surface area contributed by atoms with Crippen LogP contribution in [0.4, 0.5) is 5.95 Å². The summed E-state index contributed by atoms with van der Waals surface area (Å²) in [6.45, 7) is 0. The molecule has 0 fully saturated rings. The number of nitrogens with one attached hydrogen (secondary N) is 1. The normalized spacial score (nSPS) is 16.1. The van der Waals surface area contributed by atoms with Gasteiger partial charge in [0.2, 0.25) is 11.7 Å². The molecule has 2 heterocycles. The van der Waals surface area contributed by atoms with E-state index in [2.05, 4.69) is 20.8 Å². The first-order valence-corrected chi connectivity index (χ1v) is 6.50. The Morgan fingerprint density at radius 3 is 2.52 bits per heavy atom. The SMILES string of the molecule is COc1cc([C@H]2C=C(C(=O)O)Nc3nnnn32)cc(OC)c1O. The number of aromatic nitrogens is 4. The number of hydrogen-bond acceptors (Lipinski definition) is 8. The van der Waals surface area contributed by atoms with Crippen LogP contribution in [0.15, 0.2) is 23.9 Å². The summed E-state index contributed by atoms with van der Waals surface area (Å²) >= 11 is 0. The van der Waals surface area contributed by atoms with Crippen molar-refractivity contribution in [3.8, 4) is 17.2 Å². The van der Waals surface area contributed by atoms with Crippen molar-refractivity contribution in [1.82, 2.24) is 20.2 Å². The average molecular weight is 319 g/mol. The Morgan fingerprint density at radius 1 is 1.30 bits per heavy atom. The number of nitrogens with zero attached hydrogens (tertiary/aromatic N) is 4. The maximum Gasteiger partial charge on any atom is 0.352 e. The summed E-state index contributed by atoms with van der Waals surface area (Å²) in [5, 5.41) is 33.0. The number of ether oxygens (including phenoxy) is 2. The first-order valence-electron chi connectivity index (χ1n) is 6.50. The largest absolute Gasteiger partial charge is 0.502 e. The topological polar surface area (TPSA) is 132 Å². The summed E-state index contributed by atoms with van der Waals surface area (Å²) in [4.78, 5) is 11.3. The fourth-order valence-corrected chi connectivity index (χ4v) is 2.30. The summed E-state index contributed by atoms with van der Waals surface area (Å²) in [7, 11) is 2.81. The molecule has 2 aromatic rings. The lowest BCUT2D eigenvalue weighted by atomic mass is 10.0. The standard InChI is InChI=1S/C13H13N5O5/c1-22-9-3-6(4-10(23-2)11(9)19)8-5-7(12(20)21)14-13-15-16-17-18(8)13/h3-5,8,19H,1-2H3,(H,20,21)(H,14,15,17)/t8-/m1/s1. The van der Waals surface area contributed by atoms with Gasteiger partial charge in [-0.25, -0.2) is 4.79 Å². The van der Waals surface area contributed by atoms with Gasteiger partial charge in [0.25, 0.3) is 0 Å². The maximum atomic E-state index is 11.3. The number of rotatable bonds is 4. The van der Waals surface area contributed by atoms with Crippen molar-refractivity contribution in [3.63, 3.8) is 0 Å². The monoisotopic (exact) mass is 319 g/mol. The number of aliphatic carboxylic acids is 1. The molecule has 1 aromatic heterocycles. The van der Waals surface area contributed by atoms with Gasteiger partial charge in [-0.3, -0.25) is 0 Å². The van der Waals surface area contributed by atoms with E-state index in [1.54, 1.807) is 12.1 Å². The van der Waals surface area contributed by atoms with E-state index in [-0.39, 0.29) is 28.9 Å². The Morgan fingerprint density at radius 2 is 1.96 bits per heavy atom. The van der Waals surface area contributed by atoms with Crippen LogP contribution in [-0.2, 0) is 4.79 Å². The fraction of sp³-hybridized carbons (Fsp3) is 0.231. The van der Waals surface area contributed by atoms with E-state index >= 15 is 0 Å². The third-order valence-corrected chi connectivity index (χ3v) is 3.40. The number of carbonyl (C=O) groups is 1. The molecule has 3 N–H and O–H groups in total. The molecule has 0 bridgehead atoms. The molecule has 23 heavy (non-hydrogen) atoms. The summed E-state index contributed by atoms with van der Waals surface area (Å²) in [6, 6.07) is 2.53. The van der Waals surface area contributed by atoms with Gasteiger partial charge in [-0.15, -0.1) is 0 Å². The Balaban J connectivity index is 2.16. The minimum atomic E-state index is -1.14. The van der Waals surface area contributed by atoms with E-state index in [9.17, 15) is 15.0 Å². The minimum Gasteiger partial charge on any atom is -0.502 e. The number of phenols is 1. The number of carboxylic acid groups (broad SMARTS) is 1. The quantitative estimate of drug-likeness (QED) is 0.731. The zero-order valence-electron chi connectivity index (χ0n) is 12.2. The molecular formula is C13H13N5O5. The van der Waals surface area contributed by atoms with Crippen molar-refractivity contribution in [2.75, 3.05) is 19.5 Å². The number of tetrazole rings is 1. The van der Waals surface area contributed by atoms with Crippen LogP contribution >= 0.6 is 0 Å². The van der Waals surface area contributed by atoms with Crippen molar-refractivity contribution < 1.29 is 24.5 Å². The highest BCUT2D eigenvalue weighted by atomic mass is 16.5. The number of benzene rings is 1. The smallest absolute Gasteiger partial charge is 0.352 e. The second-order valence-corrected chi connectivity index (χ2v) is 4.68. The van der Waals surface area contributed by atoms with E-state index in [0.29, 0.717) is 5.56 Å². The van der Waals surface area contributed by atoms with Gasteiger partial charge in [0.1, 0.15) is 11.7 Å². The van der Waals surface area contributed by atoms with Gasteiger partial charge >= 0.3 is 5.97 Å². The van der Waals surface area contributed by atoms with E-state index in [1.165, 1.54) is 25.0 Å². The molecule has 0 saturated carbocycles. The molecule has 1 aliphatic heterocycles. The molecule has 0 aliphatic carbocycles. The Labute approximate surface area is 129 Å². The van der Waals surface area contributed by atoms with Crippen LogP contribution in [0.25, 0.3) is 0 Å². The lowest BCUT2D eigenvalue weighted by Gasteiger charge is -2.22. The molecule has 10 heteroatoms. The highest BCUT2D eigenvalue weighted by molar-refractivity contribution is 5.90. The van der Waals surface area contributed by atoms with E-state index in [4.69, 9.17) is 9.47 Å². The van der Waals surface area contributed by atoms with Gasteiger partial charge in [0.15, 0.2) is 11.5 Å². The molecule has 10 nitrogen and oxygen atoms in total. The maximum absolute atomic E-state index is 11.3. The van der Waals surface area contributed by atoms with Gasteiger partial charge < -0.3 is 25.0 Å². The molecule has 120 valence electrons. The zero-order valence-corrected chi connectivity index (χ0v) is 12.2. The van der Waals surface area contributed by atoms with Crippen LogP contribution in [0, 0.1) is 0 Å². The van der Waals surface area contributed by atoms with Crippen LogP contribution in [0.3, 0.4) is 0 Å². The molecule has 0 spiro atoms. The van der Waals surface area contributed by atoms with Crippen molar-refractivity contribution >= 4 is 11.9 Å². The zero-order chi connectivity index (χ0) is 16.6. The summed E-state index contributed by atoms with van der Waals surface area (Å²) < 4.78 is 11.7. The van der Waals surface area contributed by atoms with Crippen LogP contribution in [-0.4, -0.2) is 50.6 Å². The van der Waals surface area contributed by atoms with Gasteiger partial charge in [-0.2, -0.15) is 4.68 Å². The number of hydrogen-bond donors (Lipinski definition) is 3. The number of aromatic hydroxyl groups is 1. The Hall–Kier alpha value is -3.30. The second-order valence-electron chi connectivity index (χ2n) is 4.68. The van der Waals surface area contributed by atoms with Crippen LogP contribution < -0.4 is 14.8 Å². The van der Waals surface area contributed by atoms with Crippen molar-refractivity contribution in [3.05, 3.63) is 29.5 Å². The highest BCUT2D eigenvalue weighted by Gasteiger charge is 2.28. The molecular weight excluding hydrogens is 306 g/mol. The molecule has 0 saturated heterocycles. The second kappa shape index (κ2) is 5.48. The van der Waals surface area contributed by atoms with Crippen LogP contribution in [0.1, 0.15) is 11.6 Å². The lowest BCUT2D eigenvalue weighted by molar-refractivity contribution is -0.132. The van der Waals surface area contributed by atoms with Gasteiger partial charge in [0.05, 0.1) is 14.2 Å². The van der Waals surface area contributed by atoms with Gasteiger partial charge in [-0.05, 0) is 34.2 Å². The average Bonchev–Trinajstić information content (AvgIpc) is 3.02. The molecule has 1 aliphatic rings. The fourth-order valence-electron chi connectivity index (χ4n) is 2.30. The van der Waals surface area contributed by atoms with E-state index < -0.39 is 12.0 Å². The first-order chi connectivity index (χ1) is 11.0. The molecule has 3 rings (SSSR count). The molecule has 1 atom stereocenters. The number of methoxy groups -OCH3 is 2. The van der Waals surface area contributed by atoms with E-state index in [0.717, 1.165) is 0 Å². The highest BCUT2D eigenvalue weighted by Crippen LogP contribution is 2.40. The first kappa shape index (κ1) is 14.6. The van der Waals surface area contributed by atoms with Crippen LogP contribution in [0.5, 0.6) is 17.2 Å². The number of allylic oxidation sites excluding steroid dienone is 1. The van der Waals surface area contributed by atoms with Crippen molar-refractivity contribution in [2.45, 2.75) is 6.04 Å². The van der Waals surface area contributed by atoms with Crippen LogP contribution in [0.2, 0.25) is 0 Å². The lowest BCUT2D eigenvalue weighted by Crippen LogP contribution is -2.24. The van der Waals surface area contributed by atoms with Gasteiger partial charge in [-0.1, -0.05) is 5.10 Å². The third-order valence-electron chi connectivity index (χ3n) is 3.40. The molecule has 1 aromatic carbocycles. The predicted molar refractivity (Wildman–Crippen MR) is 76.5 cm³/mol. The van der Waals surface area contributed by atoms with E-state index in [1.807, 2.05) is 0 Å². The predicted octanol–water partition coefficient (Wildman–Crippen LogP) is 0.379. The number of fused-ring (bicyclic) bond motifs is 1.